The minimum atomic E-state index is 0.519. The largest absolute Gasteiger partial charge is 0.455 e. The van der Waals surface area contributed by atoms with Crippen LogP contribution in [0, 0.1) is 0 Å². The van der Waals surface area contributed by atoms with E-state index in [9.17, 15) is 0 Å². The second-order valence-corrected chi connectivity index (χ2v) is 18.0. The van der Waals surface area contributed by atoms with Gasteiger partial charge in [0.2, 0.25) is 0 Å². The molecule has 0 N–H and O–H groups in total. The highest BCUT2D eigenvalue weighted by molar-refractivity contribution is 6.24. The summed E-state index contributed by atoms with van der Waals surface area (Å²) in [5, 5.41) is 13.8. The Hall–Kier alpha value is -9.39. The molecule has 15 rings (SSSR count). The van der Waals surface area contributed by atoms with Gasteiger partial charge < -0.3 is 13.6 Å². The van der Waals surface area contributed by atoms with Crippen LogP contribution in [-0.4, -0.2) is 24.1 Å². The summed E-state index contributed by atoms with van der Waals surface area (Å²) in [6, 6.07) is 79.8. The molecular formula is C63H37N5O. The molecule has 6 nitrogen and oxygen atoms in total. The van der Waals surface area contributed by atoms with Crippen molar-refractivity contribution in [3.63, 3.8) is 0 Å². The van der Waals surface area contributed by atoms with Gasteiger partial charge in [0.25, 0.3) is 0 Å². The molecular weight excluding hydrogens is 843 g/mol. The van der Waals surface area contributed by atoms with E-state index >= 15 is 0 Å². The Morgan fingerprint density at radius 1 is 0.319 bits per heavy atom. The molecule has 0 atom stereocenters. The van der Waals surface area contributed by atoms with Gasteiger partial charge in [0.15, 0.2) is 17.5 Å². The number of nitrogens with zero attached hydrogens (tertiary/aromatic N) is 5. The van der Waals surface area contributed by atoms with Crippen molar-refractivity contribution < 1.29 is 4.42 Å². The zero-order chi connectivity index (χ0) is 45.2. The Morgan fingerprint density at radius 2 is 0.957 bits per heavy atom. The minimum Gasteiger partial charge on any atom is -0.455 e. The zero-order valence-electron chi connectivity index (χ0n) is 37.0. The van der Waals surface area contributed by atoms with Crippen molar-refractivity contribution >= 4 is 97.9 Å². The summed E-state index contributed by atoms with van der Waals surface area (Å²) in [6.07, 6.45) is 0. The number of hydrogen-bond donors (Lipinski definition) is 0. The SMILES string of the molecule is c1ccc(-n2c3ccccc3c3cccc(-c4nc(-c5ccc6ccccc6c5)nc(-c5cc(-n6c7cc8ccccc8cc7c7c8ccccc8ccc76)cc6c5oc5ccccc56)n4)c32)cc1. The molecule has 0 aliphatic heterocycles. The van der Waals surface area contributed by atoms with E-state index in [4.69, 9.17) is 19.4 Å². The minimum absolute atomic E-state index is 0.519. The molecule has 0 amide bonds. The highest BCUT2D eigenvalue weighted by Crippen LogP contribution is 2.44. The smallest absolute Gasteiger partial charge is 0.167 e. The monoisotopic (exact) mass is 879 g/mol. The molecule has 11 aromatic carbocycles. The lowest BCUT2D eigenvalue weighted by molar-refractivity contribution is 0.669. The average molecular weight is 880 g/mol. The summed E-state index contributed by atoms with van der Waals surface area (Å²) in [5.41, 5.74) is 10.5. The topological polar surface area (TPSA) is 61.7 Å². The van der Waals surface area contributed by atoms with Crippen LogP contribution in [0.2, 0.25) is 0 Å². The van der Waals surface area contributed by atoms with Crippen molar-refractivity contribution in [1.29, 1.82) is 0 Å². The first kappa shape index (κ1) is 37.8. The molecule has 0 saturated carbocycles. The number of furan rings is 1. The third-order valence-corrected chi connectivity index (χ3v) is 14.1. The Bertz CT molecular complexity index is 4620. The van der Waals surface area contributed by atoms with E-state index in [1.807, 2.05) is 12.1 Å². The normalized spacial score (nSPS) is 12.1. The third-order valence-electron chi connectivity index (χ3n) is 14.1. The molecule has 0 unspecified atom stereocenters. The lowest BCUT2D eigenvalue weighted by atomic mass is 10.0. The maximum atomic E-state index is 6.92. The van der Waals surface area contributed by atoms with Gasteiger partial charge in [0.05, 0.1) is 27.6 Å². The molecule has 0 saturated heterocycles. The summed E-state index contributed by atoms with van der Waals surface area (Å²) < 4.78 is 11.7. The van der Waals surface area contributed by atoms with E-state index in [1.54, 1.807) is 0 Å². The average Bonchev–Trinajstić information content (AvgIpc) is 4.07. The van der Waals surface area contributed by atoms with Gasteiger partial charge in [0, 0.05) is 54.8 Å². The summed E-state index contributed by atoms with van der Waals surface area (Å²) in [4.78, 5) is 16.4. The second-order valence-electron chi connectivity index (χ2n) is 18.0. The van der Waals surface area contributed by atoms with E-state index in [2.05, 4.69) is 221 Å². The van der Waals surface area contributed by atoms with Gasteiger partial charge in [0.1, 0.15) is 11.2 Å². The lowest BCUT2D eigenvalue weighted by Crippen LogP contribution is -2.03. The van der Waals surface area contributed by atoms with Crippen molar-refractivity contribution in [2.75, 3.05) is 0 Å². The predicted molar refractivity (Wildman–Crippen MR) is 285 cm³/mol. The fourth-order valence-corrected chi connectivity index (χ4v) is 11.0. The maximum absolute atomic E-state index is 6.92. The molecule has 320 valence electrons. The van der Waals surface area contributed by atoms with Crippen molar-refractivity contribution in [2.24, 2.45) is 0 Å². The van der Waals surface area contributed by atoms with Crippen molar-refractivity contribution in [3.05, 3.63) is 224 Å². The summed E-state index contributed by atoms with van der Waals surface area (Å²) >= 11 is 0. The number of aromatic nitrogens is 5. The molecule has 0 radical (unpaired) electrons. The Morgan fingerprint density at radius 3 is 1.80 bits per heavy atom. The van der Waals surface area contributed by atoms with Gasteiger partial charge in [-0.1, -0.05) is 158 Å². The molecule has 0 bridgehead atoms. The number of fused-ring (bicyclic) bond motifs is 13. The van der Waals surface area contributed by atoms with Gasteiger partial charge in [-0.2, -0.15) is 0 Å². The van der Waals surface area contributed by atoms with E-state index in [0.29, 0.717) is 17.5 Å². The Balaban J connectivity index is 1.07. The van der Waals surface area contributed by atoms with Crippen molar-refractivity contribution in [2.45, 2.75) is 0 Å². The molecule has 4 aromatic heterocycles. The van der Waals surface area contributed by atoms with Crippen molar-refractivity contribution in [1.82, 2.24) is 24.1 Å². The van der Waals surface area contributed by atoms with Gasteiger partial charge in [-0.15, -0.1) is 0 Å². The molecule has 15 aromatic rings. The van der Waals surface area contributed by atoms with Crippen LogP contribution in [-0.2, 0) is 0 Å². The summed E-state index contributed by atoms with van der Waals surface area (Å²) in [7, 11) is 0. The van der Waals surface area contributed by atoms with Gasteiger partial charge in [-0.05, 0) is 99.0 Å². The van der Waals surface area contributed by atoms with E-state index in [-0.39, 0.29) is 0 Å². The van der Waals surface area contributed by atoms with Crippen LogP contribution >= 0.6 is 0 Å². The first-order chi connectivity index (χ1) is 34.2. The summed E-state index contributed by atoms with van der Waals surface area (Å²) in [6.45, 7) is 0. The van der Waals surface area contributed by atoms with Gasteiger partial charge in [-0.3, -0.25) is 0 Å². The van der Waals surface area contributed by atoms with E-state index < -0.39 is 0 Å². The van der Waals surface area contributed by atoms with Crippen LogP contribution in [0.5, 0.6) is 0 Å². The third kappa shape index (κ3) is 5.69. The number of rotatable bonds is 5. The van der Waals surface area contributed by atoms with E-state index in [0.717, 1.165) is 93.6 Å². The van der Waals surface area contributed by atoms with Gasteiger partial charge in [-0.25, -0.2) is 15.0 Å². The molecule has 4 heterocycles. The van der Waals surface area contributed by atoms with Crippen LogP contribution in [0.4, 0.5) is 0 Å². The van der Waals surface area contributed by atoms with Crippen LogP contribution in [0.15, 0.2) is 229 Å². The highest BCUT2D eigenvalue weighted by Gasteiger charge is 2.24. The Labute approximate surface area is 394 Å². The van der Waals surface area contributed by atoms with Crippen LogP contribution in [0.1, 0.15) is 0 Å². The maximum Gasteiger partial charge on any atom is 0.167 e. The fraction of sp³-hybridized carbons (Fsp3) is 0. The first-order valence-corrected chi connectivity index (χ1v) is 23.3. The Kier molecular flexibility index (Phi) is 7.97. The number of hydrogen-bond acceptors (Lipinski definition) is 4. The molecule has 0 aliphatic carbocycles. The second kappa shape index (κ2) is 14.6. The van der Waals surface area contributed by atoms with Crippen molar-refractivity contribution in [3.8, 4) is 45.5 Å². The number of benzene rings is 11. The van der Waals surface area contributed by atoms with E-state index in [1.165, 1.54) is 32.3 Å². The van der Waals surface area contributed by atoms with Crippen LogP contribution < -0.4 is 0 Å². The lowest BCUT2D eigenvalue weighted by Gasteiger charge is -2.14. The molecule has 69 heavy (non-hydrogen) atoms. The zero-order valence-corrected chi connectivity index (χ0v) is 37.0. The standard InChI is InChI=1S/C63H37N5O/c1-2-20-44(21-3-1)68-54-27-12-10-23-47(54)49-25-14-26-50(59(49)68)62-64-61(43-30-29-38-15-4-5-17-40(38)33-43)65-63(66-62)53-37-45(36-51-48-24-11-13-28-57(48)69-60(51)53)67-55-32-31-39-16-8-9-22-46(39)58(55)52-34-41-18-6-7-19-42(41)35-56(52)67/h1-37H. The molecule has 0 aliphatic rings. The van der Waals surface area contributed by atoms with Crippen LogP contribution in [0.3, 0.4) is 0 Å². The number of para-hydroxylation sites is 4. The predicted octanol–water partition coefficient (Wildman–Crippen LogP) is 16.4. The molecule has 0 spiro atoms. The summed E-state index contributed by atoms with van der Waals surface area (Å²) in [5.74, 6) is 1.66. The molecule has 6 heteroatoms. The first-order valence-electron chi connectivity index (χ1n) is 23.3. The quantitative estimate of drug-likeness (QED) is 0.173. The van der Waals surface area contributed by atoms with Crippen LogP contribution in [0.25, 0.3) is 143 Å². The van der Waals surface area contributed by atoms with Gasteiger partial charge >= 0.3 is 0 Å². The highest BCUT2D eigenvalue weighted by atomic mass is 16.3. The molecule has 0 fully saturated rings. The fourth-order valence-electron chi connectivity index (χ4n) is 11.0.